The number of hydrogen-bond donors (Lipinski definition) is 1. The molecule has 0 aromatic rings. The third kappa shape index (κ3) is 3.18. The van der Waals surface area contributed by atoms with Gasteiger partial charge in [0.15, 0.2) is 0 Å². The summed E-state index contributed by atoms with van der Waals surface area (Å²) < 4.78 is 0. The summed E-state index contributed by atoms with van der Waals surface area (Å²) in [5, 5.41) is 0. The quantitative estimate of drug-likeness (QED) is 0.796. The zero-order valence-electron chi connectivity index (χ0n) is 11.7. The fraction of sp³-hybridized carbons (Fsp3) is 0.714. The predicted octanol–water partition coefficient (Wildman–Crippen LogP) is 2.23. The maximum Gasteiger partial charge on any atom is 0.0968 e. The highest BCUT2D eigenvalue weighted by atomic mass is 15.3. The summed E-state index contributed by atoms with van der Waals surface area (Å²) in [6.45, 7) is 16.9. The topological polar surface area (TPSA) is 32.5 Å². The summed E-state index contributed by atoms with van der Waals surface area (Å²) >= 11 is 0. The number of likely N-dealkylation sites (N-methyl/N-ethyl adjacent to an activating group) is 1. The van der Waals surface area contributed by atoms with E-state index in [-0.39, 0.29) is 6.04 Å². The van der Waals surface area contributed by atoms with Crippen molar-refractivity contribution in [3.63, 3.8) is 0 Å². The second-order valence-corrected chi connectivity index (χ2v) is 5.63. The van der Waals surface area contributed by atoms with Gasteiger partial charge >= 0.3 is 0 Å². The Morgan fingerprint density at radius 2 is 2.00 bits per heavy atom. The Labute approximate surface area is 106 Å². The molecule has 1 rings (SSSR count). The minimum Gasteiger partial charge on any atom is -0.401 e. The fourth-order valence-electron chi connectivity index (χ4n) is 2.68. The standard InChI is InChI=1S/C14H27N3/c1-10(2)14(12(4)15)16(6)13(5)17-8-7-11(3)9-17/h10-11,14H,4-5,7-9,15H2,1-3,6H3. The molecule has 1 aliphatic heterocycles. The highest BCUT2D eigenvalue weighted by Crippen LogP contribution is 2.24. The third-order valence-electron chi connectivity index (χ3n) is 3.62. The number of nitrogens with two attached hydrogens (primary N) is 1. The normalized spacial score (nSPS) is 21.7. The van der Waals surface area contributed by atoms with E-state index in [1.54, 1.807) is 0 Å². The van der Waals surface area contributed by atoms with Crippen molar-refractivity contribution >= 4 is 0 Å². The minimum atomic E-state index is 0.165. The lowest BCUT2D eigenvalue weighted by molar-refractivity contribution is 0.198. The molecule has 0 aliphatic carbocycles. The fourth-order valence-corrected chi connectivity index (χ4v) is 2.68. The monoisotopic (exact) mass is 237 g/mol. The van der Waals surface area contributed by atoms with Crippen LogP contribution in [0.25, 0.3) is 0 Å². The van der Waals surface area contributed by atoms with Crippen LogP contribution in [0.3, 0.4) is 0 Å². The Morgan fingerprint density at radius 3 is 2.35 bits per heavy atom. The molecule has 2 unspecified atom stereocenters. The van der Waals surface area contributed by atoms with Crippen molar-refractivity contribution in [2.24, 2.45) is 17.6 Å². The van der Waals surface area contributed by atoms with Crippen LogP contribution in [0.5, 0.6) is 0 Å². The molecule has 0 aromatic heterocycles. The first-order valence-electron chi connectivity index (χ1n) is 6.45. The molecular formula is C14H27N3. The first-order valence-corrected chi connectivity index (χ1v) is 6.45. The number of nitrogens with zero attached hydrogens (tertiary/aromatic N) is 2. The van der Waals surface area contributed by atoms with Crippen molar-refractivity contribution in [3.8, 4) is 0 Å². The van der Waals surface area contributed by atoms with Gasteiger partial charge in [-0.2, -0.15) is 0 Å². The van der Waals surface area contributed by atoms with Crippen molar-refractivity contribution in [2.75, 3.05) is 20.1 Å². The van der Waals surface area contributed by atoms with Crippen LogP contribution in [0.1, 0.15) is 27.2 Å². The Morgan fingerprint density at radius 1 is 1.41 bits per heavy atom. The molecule has 0 aromatic carbocycles. The van der Waals surface area contributed by atoms with Crippen LogP contribution in [-0.2, 0) is 0 Å². The highest BCUT2D eigenvalue weighted by molar-refractivity contribution is 5.09. The maximum absolute atomic E-state index is 5.91. The number of rotatable bonds is 5. The van der Waals surface area contributed by atoms with Gasteiger partial charge in [0.05, 0.1) is 11.9 Å². The molecule has 98 valence electrons. The summed E-state index contributed by atoms with van der Waals surface area (Å²) in [5.41, 5.74) is 6.62. The van der Waals surface area contributed by atoms with Crippen molar-refractivity contribution in [2.45, 2.75) is 33.2 Å². The predicted molar refractivity (Wildman–Crippen MR) is 74.2 cm³/mol. The van der Waals surface area contributed by atoms with Gasteiger partial charge in [0.2, 0.25) is 0 Å². The Bertz CT molecular complexity index is 296. The van der Waals surface area contributed by atoms with Crippen molar-refractivity contribution in [1.82, 2.24) is 9.80 Å². The average Bonchev–Trinajstić information content (AvgIpc) is 2.62. The summed E-state index contributed by atoms with van der Waals surface area (Å²) in [6.07, 6.45) is 1.25. The molecule has 1 heterocycles. The molecule has 0 radical (unpaired) electrons. The van der Waals surface area contributed by atoms with Gasteiger partial charge in [-0.05, 0) is 18.3 Å². The molecule has 1 aliphatic rings. The van der Waals surface area contributed by atoms with Gasteiger partial charge in [-0.3, -0.25) is 0 Å². The van der Waals surface area contributed by atoms with Gasteiger partial charge in [-0.25, -0.2) is 0 Å². The van der Waals surface area contributed by atoms with E-state index in [9.17, 15) is 0 Å². The second kappa shape index (κ2) is 5.48. The maximum atomic E-state index is 5.91. The zero-order chi connectivity index (χ0) is 13.2. The summed E-state index contributed by atoms with van der Waals surface area (Å²) in [4.78, 5) is 4.52. The molecular weight excluding hydrogens is 210 g/mol. The van der Waals surface area contributed by atoms with Crippen LogP contribution in [0, 0.1) is 11.8 Å². The molecule has 0 saturated carbocycles. The largest absolute Gasteiger partial charge is 0.401 e. The highest BCUT2D eigenvalue weighted by Gasteiger charge is 2.27. The third-order valence-corrected chi connectivity index (χ3v) is 3.62. The lowest BCUT2D eigenvalue weighted by Crippen LogP contribution is -2.43. The lowest BCUT2D eigenvalue weighted by Gasteiger charge is -2.38. The van der Waals surface area contributed by atoms with E-state index in [2.05, 4.69) is 50.8 Å². The van der Waals surface area contributed by atoms with Gasteiger partial charge in [0.1, 0.15) is 0 Å². The zero-order valence-corrected chi connectivity index (χ0v) is 11.7. The molecule has 0 bridgehead atoms. The Balaban J connectivity index is 2.70. The Hall–Kier alpha value is -1.12. The summed E-state index contributed by atoms with van der Waals surface area (Å²) in [6, 6.07) is 0.165. The van der Waals surface area contributed by atoms with Crippen LogP contribution >= 0.6 is 0 Å². The van der Waals surface area contributed by atoms with Gasteiger partial charge in [-0.1, -0.05) is 33.9 Å². The first-order chi connectivity index (χ1) is 7.84. The van der Waals surface area contributed by atoms with Gasteiger partial charge < -0.3 is 15.5 Å². The molecule has 3 nitrogen and oxygen atoms in total. The van der Waals surface area contributed by atoms with Gasteiger partial charge in [0, 0.05) is 25.8 Å². The van der Waals surface area contributed by atoms with Crippen molar-refractivity contribution in [1.29, 1.82) is 0 Å². The van der Waals surface area contributed by atoms with Crippen LogP contribution in [-0.4, -0.2) is 36.0 Å². The summed E-state index contributed by atoms with van der Waals surface area (Å²) in [7, 11) is 2.06. The van der Waals surface area contributed by atoms with Crippen LogP contribution in [0.15, 0.2) is 24.7 Å². The smallest absolute Gasteiger partial charge is 0.0968 e. The van der Waals surface area contributed by atoms with Crippen LogP contribution in [0.4, 0.5) is 0 Å². The van der Waals surface area contributed by atoms with E-state index < -0.39 is 0 Å². The van der Waals surface area contributed by atoms with Crippen LogP contribution < -0.4 is 5.73 Å². The van der Waals surface area contributed by atoms with Crippen molar-refractivity contribution < 1.29 is 0 Å². The molecule has 2 atom stereocenters. The van der Waals surface area contributed by atoms with E-state index in [0.717, 1.165) is 30.5 Å². The molecule has 2 N–H and O–H groups in total. The van der Waals surface area contributed by atoms with E-state index in [1.165, 1.54) is 6.42 Å². The average molecular weight is 237 g/mol. The SMILES string of the molecule is C=C(N)C(C(C)C)N(C)C(=C)N1CCC(C)C1. The number of hydrogen-bond acceptors (Lipinski definition) is 3. The molecule has 1 fully saturated rings. The lowest BCUT2D eigenvalue weighted by atomic mass is 10.0. The Kier molecular flexibility index (Phi) is 4.49. The van der Waals surface area contributed by atoms with E-state index in [1.807, 2.05) is 0 Å². The molecule has 0 spiro atoms. The van der Waals surface area contributed by atoms with E-state index in [0.29, 0.717) is 5.92 Å². The summed E-state index contributed by atoms with van der Waals surface area (Å²) in [5.74, 6) is 2.27. The molecule has 17 heavy (non-hydrogen) atoms. The van der Waals surface area contributed by atoms with Crippen LogP contribution in [0.2, 0.25) is 0 Å². The van der Waals surface area contributed by atoms with E-state index in [4.69, 9.17) is 5.73 Å². The second-order valence-electron chi connectivity index (χ2n) is 5.63. The van der Waals surface area contributed by atoms with Crippen molar-refractivity contribution in [3.05, 3.63) is 24.7 Å². The minimum absolute atomic E-state index is 0.165. The van der Waals surface area contributed by atoms with Gasteiger partial charge in [-0.15, -0.1) is 0 Å². The van der Waals surface area contributed by atoms with E-state index >= 15 is 0 Å². The molecule has 1 saturated heterocycles. The number of likely N-dealkylation sites (tertiary alicyclic amines) is 1. The molecule has 0 amide bonds. The first kappa shape index (κ1) is 13.9. The van der Waals surface area contributed by atoms with Gasteiger partial charge in [0.25, 0.3) is 0 Å². The molecule has 3 heteroatoms.